The van der Waals surface area contributed by atoms with E-state index in [1.54, 1.807) is 7.05 Å². The van der Waals surface area contributed by atoms with Crippen LogP contribution in [0, 0.1) is 0 Å². The average Bonchev–Trinajstić information content (AvgIpc) is 2.43. The standard InChI is InChI=1S/C14H32N4O2S/c1-6-18(7-2)11-8-10-16-14(15-4)17-13(3)9-12-21(5,19)20/h13H,6-12H2,1-5H3,(H2,15,16,17). The number of nitrogens with zero attached hydrogens (tertiary/aromatic N) is 2. The van der Waals surface area contributed by atoms with Gasteiger partial charge in [0.25, 0.3) is 0 Å². The molecule has 0 aliphatic heterocycles. The van der Waals surface area contributed by atoms with E-state index in [2.05, 4.69) is 34.4 Å². The lowest BCUT2D eigenvalue weighted by molar-refractivity contribution is 0.300. The van der Waals surface area contributed by atoms with Crippen molar-refractivity contribution in [2.75, 3.05) is 45.2 Å². The van der Waals surface area contributed by atoms with E-state index < -0.39 is 9.84 Å². The molecule has 0 spiro atoms. The van der Waals surface area contributed by atoms with Crippen molar-refractivity contribution >= 4 is 15.8 Å². The summed E-state index contributed by atoms with van der Waals surface area (Å²) in [6.45, 7) is 10.4. The molecule has 0 fully saturated rings. The molecule has 21 heavy (non-hydrogen) atoms. The molecule has 0 heterocycles. The molecule has 1 unspecified atom stereocenters. The molecule has 6 nitrogen and oxygen atoms in total. The molecule has 0 aromatic heterocycles. The number of aliphatic imine (C=N–C) groups is 1. The quantitative estimate of drug-likeness (QED) is 0.352. The Kier molecular flexibility index (Phi) is 10.4. The van der Waals surface area contributed by atoms with Gasteiger partial charge in [-0.2, -0.15) is 0 Å². The summed E-state index contributed by atoms with van der Waals surface area (Å²) in [5.41, 5.74) is 0. The van der Waals surface area contributed by atoms with Crippen molar-refractivity contribution < 1.29 is 8.42 Å². The second kappa shape index (κ2) is 10.8. The number of rotatable bonds is 10. The lowest BCUT2D eigenvalue weighted by atomic mass is 10.3. The monoisotopic (exact) mass is 320 g/mol. The zero-order valence-corrected chi connectivity index (χ0v) is 15.0. The van der Waals surface area contributed by atoms with E-state index >= 15 is 0 Å². The molecule has 0 bridgehead atoms. The summed E-state index contributed by atoms with van der Waals surface area (Å²) in [5.74, 6) is 0.927. The number of hydrogen-bond donors (Lipinski definition) is 2. The van der Waals surface area contributed by atoms with Crippen molar-refractivity contribution in [3.63, 3.8) is 0 Å². The molecule has 126 valence electrons. The Labute approximate surface area is 130 Å². The molecule has 7 heteroatoms. The highest BCUT2D eigenvalue weighted by Gasteiger charge is 2.09. The first kappa shape index (κ1) is 20.2. The highest BCUT2D eigenvalue weighted by atomic mass is 32.2. The van der Waals surface area contributed by atoms with Crippen LogP contribution in [0.1, 0.15) is 33.6 Å². The van der Waals surface area contributed by atoms with E-state index in [1.807, 2.05) is 6.92 Å². The summed E-state index contributed by atoms with van der Waals surface area (Å²) < 4.78 is 22.3. The molecule has 0 aromatic carbocycles. The first-order valence-electron chi connectivity index (χ1n) is 7.69. The lowest BCUT2D eigenvalue weighted by Crippen LogP contribution is -2.43. The second-order valence-corrected chi connectivity index (χ2v) is 7.60. The molecule has 0 saturated heterocycles. The Morgan fingerprint density at radius 1 is 1.29 bits per heavy atom. The van der Waals surface area contributed by atoms with Crippen LogP contribution >= 0.6 is 0 Å². The second-order valence-electron chi connectivity index (χ2n) is 5.34. The van der Waals surface area contributed by atoms with Crippen molar-refractivity contribution in [3.8, 4) is 0 Å². The molecule has 0 aliphatic rings. The van der Waals surface area contributed by atoms with Crippen molar-refractivity contribution in [3.05, 3.63) is 0 Å². The molecule has 0 radical (unpaired) electrons. The Bertz CT molecular complexity index is 392. The van der Waals surface area contributed by atoms with Gasteiger partial charge in [0.05, 0.1) is 5.75 Å². The predicted molar refractivity (Wildman–Crippen MR) is 90.7 cm³/mol. The fourth-order valence-corrected chi connectivity index (χ4v) is 2.72. The van der Waals surface area contributed by atoms with Crippen LogP contribution in [0.5, 0.6) is 0 Å². The van der Waals surface area contributed by atoms with Crippen LogP contribution in [-0.2, 0) is 9.84 Å². The minimum absolute atomic E-state index is 0.0775. The first-order chi connectivity index (χ1) is 9.82. The Morgan fingerprint density at radius 3 is 2.38 bits per heavy atom. The molecule has 0 rings (SSSR count). The van der Waals surface area contributed by atoms with E-state index in [-0.39, 0.29) is 11.8 Å². The van der Waals surface area contributed by atoms with Crippen LogP contribution in [0.15, 0.2) is 4.99 Å². The third kappa shape index (κ3) is 11.5. The lowest BCUT2D eigenvalue weighted by Gasteiger charge is -2.20. The minimum Gasteiger partial charge on any atom is -0.356 e. The summed E-state index contributed by atoms with van der Waals surface area (Å²) in [6.07, 6.45) is 2.90. The van der Waals surface area contributed by atoms with Crippen LogP contribution in [-0.4, -0.2) is 70.6 Å². The molecule has 1 atom stereocenters. The summed E-state index contributed by atoms with van der Waals surface area (Å²) in [7, 11) is -1.18. The number of guanidine groups is 1. The Hall–Kier alpha value is -0.820. The smallest absolute Gasteiger partial charge is 0.191 e. The number of sulfone groups is 1. The summed E-state index contributed by atoms with van der Waals surface area (Å²) in [5, 5.41) is 6.48. The van der Waals surface area contributed by atoms with Gasteiger partial charge in [-0.3, -0.25) is 4.99 Å². The van der Waals surface area contributed by atoms with Gasteiger partial charge in [0.1, 0.15) is 9.84 Å². The molecular formula is C14H32N4O2S. The number of nitrogens with one attached hydrogen (secondary N) is 2. The van der Waals surface area contributed by atoms with Crippen molar-refractivity contribution in [1.29, 1.82) is 0 Å². The SMILES string of the molecule is CCN(CC)CCCNC(=NC)NC(C)CCS(C)(=O)=O. The number of hydrogen-bond acceptors (Lipinski definition) is 4. The fraction of sp³-hybridized carbons (Fsp3) is 0.929. The largest absolute Gasteiger partial charge is 0.356 e. The topological polar surface area (TPSA) is 73.8 Å². The van der Waals surface area contributed by atoms with Crippen molar-refractivity contribution in [2.45, 2.75) is 39.7 Å². The van der Waals surface area contributed by atoms with Gasteiger partial charge in [-0.05, 0) is 39.4 Å². The van der Waals surface area contributed by atoms with Gasteiger partial charge in [-0.25, -0.2) is 8.42 Å². The highest BCUT2D eigenvalue weighted by Crippen LogP contribution is 1.95. The Morgan fingerprint density at radius 2 is 1.90 bits per heavy atom. The van der Waals surface area contributed by atoms with E-state index in [9.17, 15) is 8.42 Å². The molecule has 0 amide bonds. The van der Waals surface area contributed by atoms with Gasteiger partial charge in [0.2, 0.25) is 0 Å². The van der Waals surface area contributed by atoms with E-state index in [0.717, 1.165) is 38.6 Å². The van der Waals surface area contributed by atoms with Gasteiger partial charge in [-0.15, -0.1) is 0 Å². The van der Waals surface area contributed by atoms with E-state index in [0.29, 0.717) is 6.42 Å². The fourth-order valence-electron chi connectivity index (χ4n) is 1.94. The first-order valence-corrected chi connectivity index (χ1v) is 9.75. The summed E-state index contributed by atoms with van der Waals surface area (Å²) in [4.78, 5) is 6.54. The highest BCUT2D eigenvalue weighted by molar-refractivity contribution is 7.90. The van der Waals surface area contributed by atoms with Crippen LogP contribution < -0.4 is 10.6 Å². The average molecular weight is 321 g/mol. The third-order valence-corrected chi connectivity index (χ3v) is 4.34. The molecule has 0 aromatic rings. The van der Waals surface area contributed by atoms with Gasteiger partial charge in [0.15, 0.2) is 5.96 Å². The summed E-state index contributed by atoms with van der Waals surface area (Å²) in [6, 6.07) is 0.0775. The molecule has 2 N–H and O–H groups in total. The third-order valence-electron chi connectivity index (χ3n) is 3.37. The predicted octanol–water partition coefficient (Wildman–Crippen LogP) is 0.707. The van der Waals surface area contributed by atoms with Gasteiger partial charge in [-0.1, -0.05) is 13.8 Å². The maximum Gasteiger partial charge on any atom is 0.191 e. The van der Waals surface area contributed by atoms with Gasteiger partial charge < -0.3 is 15.5 Å². The zero-order valence-electron chi connectivity index (χ0n) is 14.1. The molecule has 0 saturated carbocycles. The zero-order chi connectivity index (χ0) is 16.3. The van der Waals surface area contributed by atoms with E-state index in [1.165, 1.54) is 6.26 Å². The van der Waals surface area contributed by atoms with Crippen molar-refractivity contribution in [2.24, 2.45) is 4.99 Å². The molecule has 0 aliphatic carbocycles. The molecular weight excluding hydrogens is 288 g/mol. The van der Waals surface area contributed by atoms with Gasteiger partial charge >= 0.3 is 0 Å². The minimum atomic E-state index is -2.90. The van der Waals surface area contributed by atoms with Crippen molar-refractivity contribution in [1.82, 2.24) is 15.5 Å². The van der Waals surface area contributed by atoms with E-state index in [4.69, 9.17) is 0 Å². The Balaban J connectivity index is 3.96. The maximum atomic E-state index is 11.1. The maximum absolute atomic E-state index is 11.1. The summed E-state index contributed by atoms with van der Waals surface area (Å²) >= 11 is 0. The normalized spacial score (nSPS) is 14.3. The van der Waals surface area contributed by atoms with Crippen LogP contribution in [0.3, 0.4) is 0 Å². The van der Waals surface area contributed by atoms with Gasteiger partial charge in [0, 0.05) is 25.9 Å². The van der Waals surface area contributed by atoms with Crippen LogP contribution in [0.4, 0.5) is 0 Å². The van der Waals surface area contributed by atoms with Crippen LogP contribution in [0.25, 0.3) is 0 Å². The van der Waals surface area contributed by atoms with Crippen LogP contribution in [0.2, 0.25) is 0 Å².